The maximum Gasteiger partial charge on any atom is 0.326 e. The molecule has 2 unspecified atom stereocenters. The Labute approximate surface area is 225 Å². The molecule has 11 nitrogen and oxygen atoms in total. The summed E-state index contributed by atoms with van der Waals surface area (Å²) >= 11 is 0. The number of ether oxygens (including phenoxy) is 1. The van der Waals surface area contributed by atoms with Crippen molar-refractivity contribution in [1.29, 1.82) is 0 Å². The molecule has 1 heterocycles. The largest absolute Gasteiger partial charge is 0.496 e. The number of amides is 1. The maximum atomic E-state index is 13.6. The summed E-state index contributed by atoms with van der Waals surface area (Å²) in [5.74, 6) is -0.754. The van der Waals surface area contributed by atoms with Crippen LogP contribution in [0.4, 0.5) is 0 Å². The summed E-state index contributed by atoms with van der Waals surface area (Å²) in [6, 6.07) is 2.60. The molecule has 0 bridgehead atoms. The van der Waals surface area contributed by atoms with E-state index in [1.54, 1.807) is 19.2 Å². The first-order valence-electron chi connectivity index (χ1n) is 13.3. The highest BCUT2D eigenvalue weighted by atomic mass is 32.2. The topological polar surface area (TPSA) is 177 Å². The number of likely N-dealkylation sites (tertiary alicyclic amines) is 1. The fourth-order valence-electron chi connectivity index (χ4n) is 5.44. The van der Waals surface area contributed by atoms with E-state index in [2.05, 4.69) is 9.71 Å². The number of carboxylic acid groups (broad SMARTS) is 1. The SMILES string of the molecule is COc1ccc(S(=O)(=O)N[C@@H](CCCN=C(N)N)C(=O)N2CCC(C)CC2C(=O)O)cc1C1CCCCC1. The van der Waals surface area contributed by atoms with Gasteiger partial charge < -0.3 is 26.2 Å². The van der Waals surface area contributed by atoms with E-state index >= 15 is 0 Å². The molecule has 1 amide bonds. The molecule has 0 radical (unpaired) electrons. The fraction of sp³-hybridized carbons (Fsp3) is 0.654. The Bertz CT molecular complexity index is 1120. The number of hydrogen-bond donors (Lipinski definition) is 4. The zero-order chi connectivity index (χ0) is 27.9. The highest BCUT2D eigenvalue weighted by Crippen LogP contribution is 2.38. The Morgan fingerprint density at radius 1 is 1.21 bits per heavy atom. The first-order valence-corrected chi connectivity index (χ1v) is 14.8. The van der Waals surface area contributed by atoms with Crippen LogP contribution in [0.15, 0.2) is 28.1 Å². The van der Waals surface area contributed by atoms with Crippen LogP contribution in [0, 0.1) is 5.92 Å². The van der Waals surface area contributed by atoms with Crippen LogP contribution in [-0.2, 0) is 19.6 Å². The van der Waals surface area contributed by atoms with Crippen LogP contribution in [0.1, 0.15) is 76.2 Å². The Morgan fingerprint density at radius 3 is 2.55 bits per heavy atom. The molecular weight excluding hydrogens is 510 g/mol. The third kappa shape index (κ3) is 7.59. The van der Waals surface area contributed by atoms with E-state index in [9.17, 15) is 23.1 Å². The molecular formula is C26H41N5O6S. The van der Waals surface area contributed by atoms with Gasteiger partial charge >= 0.3 is 5.97 Å². The van der Waals surface area contributed by atoms with E-state index in [4.69, 9.17) is 16.2 Å². The zero-order valence-corrected chi connectivity index (χ0v) is 23.1. The minimum atomic E-state index is -4.12. The lowest BCUT2D eigenvalue weighted by atomic mass is 9.84. The second-order valence-corrected chi connectivity index (χ2v) is 12.1. The van der Waals surface area contributed by atoms with Crippen LogP contribution in [0.2, 0.25) is 0 Å². The van der Waals surface area contributed by atoms with Crippen molar-refractivity contribution in [2.75, 3.05) is 20.2 Å². The third-order valence-corrected chi connectivity index (χ3v) is 9.00. The van der Waals surface area contributed by atoms with Gasteiger partial charge in [-0.25, -0.2) is 13.2 Å². The average Bonchev–Trinajstić information content (AvgIpc) is 2.89. The van der Waals surface area contributed by atoms with Crippen LogP contribution in [-0.4, -0.2) is 68.5 Å². The van der Waals surface area contributed by atoms with Gasteiger partial charge in [-0.1, -0.05) is 26.2 Å². The van der Waals surface area contributed by atoms with Gasteiger partial charge in [-0.15, -0.1) is 0 Å². The number of piperidine rings is 1. The smallest absolute Gasteiger partial charge is 0.326 e. The van der Waals surface area contributed by atoms with Crippen molar-refractivity contribution >= 4 is 27.9 Å². The van der Waals surface area contributed by atoms with Crippen molar-refractivity contribution in [3.63, 3.8) is 0 Å². The summed E-state index contributed by atoms with van der Waals surface area (Å²) in [5.41, 5.74) is 11.6. The molecule has 1 saturated carbocycles. The zero-order valence-electron chi connectivity index (χ0n) is 22.3. The first-order chi connectivity index (χ1) is 18.0. The highest BCUT2D eigenvalue weighted by molar-refractivity contribution is 7.89. The van der Waals surface area contributed by atoms with E-state index in [1.807, 2.05) is 6.92 Å². The molecule has 3 rings (SSSR count). The normalized spacial score (nSPS) is 21.5. The van der Waals surface area contributed by atoms with Crippen molar-refractivity contribution in [2.45, 2.75) is 87.6 Å². The first kappa shape index (κ1) is 29.7. The molecule has 1 aliphatic carbocycles. The number of hydrogen-bond acceptors (Lipinski definition) is 6. The Morgan fingerprint density at radius 2 is 1.92 bits per heavy atom. The van der Waals surface area contributed by atoms with Crippen LogP contribution in [0.5, 0.6) is 5.75 Å². The number of aliphatic imine (C=N–C) groups is 1. The molecule has 0 aromatic heterocycles. The Kier molecular flexibility index (Phi) is 10.4. The summed E-state index contributed by atoms with van der Waals surface area (Å²) in [4.78, 5) is 30.8. The van der Waals surface area contributed by atoms with Crippen molar-refractivity contribution in [3.05, 3.63) is 23.8 Å². The van der Waals surface area contributed by atoms with Crippen molar-refractivity contribution in [3.8, 4) is 5.75 Å². The Hall–Kier alpha value is -2.86. The minimum Gasteiger partial charge on any atom is -0.496 e. The van der Waals surface area contributed by atoms with Crippen LogP contribution >= 0.6 is 0 Å². The fourth-order valence-corrected chi connectivity index (χ4v) is 6.70. The molecule has 1 aromatic carbocycles. The number of carbonyl (C=O) groups is 2. The molecule has 212 valence electrons. The van der Waals surface area contributed by atoms with Crippen LogP contribution in [0.25, 0.3) is 0 Å². The van der Waals surface area contributed by atoms with Crippen molar-refractivity contribution in [1.82, 2.24) is 9.62 Å². The van der Waals surface area contributed by atoms with Crippen molar-refractivity contribution < 1.29 is 27.9 Å². The molecule has 12 heteroatoms. The number of aliphatic carboxylic acids is 1. The number of sulfonamides is 1. The van der Waals surface area contributed by atoms with Crippen molar-refractivity contribution in [2.24, 2.45) is 22.4 Å². The number of carbonyl (C=O) groups excluding carboxylic acids is 1. The second kappa shape index (κ2) is 13.3. The van der Waals surface area contributed by atoms with E-state index in [1.165, 1.54) is 11.0 Å². The van der Waals surface area contributed by atoms with E-state index < -0.39 is 34.0 Å². The molecule has 38 heavy (non-hydrogen) atoms. The third-order valence-electron chi connectivity index (χ3n) is 7.53. The Balaban J connectivity index is 1.88. The summed E-state index contributed by atoms with van der Waals surface area (Å²) in [6.07, 6.45) is 6.64. The number of guanidine groups is 1. The maximum absolute atomic E-state index is 13.6. The van der Waals surface area contributed by atoms with Gasteiger partial charge in [0.15, 0.2) is 5.96 Å². The van der Waals surface area contributed by atoms with Crippen LogP contribution in [0.3, 0.4) is 0 Å². The highest BCUT2D eigenvalue weighted by Gasteiger charge is 2.39. The van der Waals surface area contributed by atoms with Gasteiger partial charge in [0.25, 0.3) is 0 Å². The van der Waals surface area contributed by atoms with Gasteiger partial charge in [-0.3, -0.25) is 9.79 Å². The number of methoxy groups -OCH3 is 1. The van der Waals surface area contributed by atoms with E-state index in [0.717, 1.165) is 37.7 Å². The predicted octanol–water partition coefficient (Wildman–Crippen LogP) is 2.16. The lowest BCUT2D eigenvalue weighted by molar-refractivity contribution is -0.153. The summed E-state index contributed by atoms with van der Waals surface area (Å²) in [5, 5.41) is 9.76. The number of nitrogens with zero attached hydrogens (tertiary/aromatic N) is 2. The van der Waals surface area contributed by atoms with Crippen LogP contribution < -0.4 is 20.9 Å². The number of nitrogens with one attached hydrogen (secondary N) is 1. The molecule has 0 spiro atoms. The van der Waals surface area contributed by atoms with Gasteiger partial charge in [0.05, 0.1) is 12.0 Å². The number of carboxylic acids is 1. The second-order valence-electron chi connectivity index (χ2n) is 10.4. The molecule has 1 saturated heterocycles. The molecule has 6 N–H and O–H groups in total. The van der Waals surface area contributed by atoms with Gasteiger partial charge in [0.1, 0.15) is 17.8 Å². The molecule has 2 aliphatic rings. The standard InChI is InChI=1S/C26H41N5O6S/c1-17-12-14-31(22(15-17)25(33)34)24(32)21(9-6-13-29-26(27)28)30-38(35,36)19-10-11-23(37-2)20(16-19)18-7-4-3-5-8-18/h10-11,16-18,21-22,30H,3-9,12-15H2,1-2H3,(H,33,34)(H4,27,28,29)/t17?,21-,22?/m0/s1. The number of rotatable bonds is 11. The lowest BCUT2D eigenvalue weighted by Crippen LogP contribution is -2.56. The molecule has 1 aromatic rings. The lowest BCUT2D eigenvalue weighted by Gasteiger charge is -2.38. The molecule has 2 fully saturated rings. The van der Waals surface area contributed by atoms with Gasteiger partial charge in [0, 0.05) is 13.1 Å². The quantitative estimate of drug-likeness (QED) is 0.184. The van der Waals surface area contributed by atoms with E-state index in [0.29, 0.717) is 25.0 Å². The van der Waals surface area contributed by atoms with E-state index in [-0.39, 0.29) is 42.2 Å². The van der Waals surface area contributed by atoms with Gasteiger partial charge in [-0.2, -0.15) is 4.72 Å². The van der Waals surface area contributed by atoms with Gasteiger partial charge in [0.2, 0.25) is 15.9 Å². The summed E-state index contributed by atoms with van der Waals surface area (Å²) < 4.78 is 35.2. The molecule has 1 aliphatic heterocycles. The number of benzene rings is 1. The van der Waals surface area contributed by atoms with Gasteiger partial charge in [-0.05, 0) is 74.1 Å². The average molecular weight is 552 g/mol. The summed E-state index contributed by atoms with van der Waals surface area (Å²) in [6.45, 7) is 2.40. The summed E-state index contributed by atoms with van der Waals surface area (Å²) in [7, 11) is -2.55. The molecule has 3 atom stereocenters. The monoisotopic (exact) mass is 551 g/mol. The predicted molar refractivity (Wildman–Crippen MR) is 144 cm³/mol. The number of nitrogens with two attached hydrogens (primary N) is 2. The minimum absolute atomic E-state index is 0.0444.